The number of ether oxygens (including phenoxy) is 2. The van der Waals surface area contributed by atoms with Gasteiger partial charge in [-0.3, -0.25) is 19.7 Å². The van der Waals surface area contributed by atoms with Gasteiger partial charge in [-0.15, -0.1) is 0 Å². The number of nitrogens with zero attached hydrogens (tertiary/aromatic N) is 2. The second-order valence-corrected chi connectivity index (χ2v) is 7.82. The fourth-order valence-corrected chi connectivity index (χ4v) is 3.15. The average molecular weight is 458 g/mol. The number of hydrogen-bond donors (Lipinski definition) is 1. The second kappa shape index (κ2) is 11.8. The van der Waals surface area contributed by atoms with Gasteiger partial charge < -0.3 is 19.7 Å². The summed E-state index contributed by atoms with van der Waals surface area (Å²) in [5.41, 5.74) is 1.73. The van der Waals surface area contributed by atoms with Gasteiger partial charge >= 0.3 is 5.69 Å². The molecule has 0 spiro atoms. The van der Waals surface area contributed by atoms with Crippen LogP contribution in [0.25, 0.3) is 0 Å². The maximum Gasteiger partial charge on any atom is 0.311 e. The SMILES string of the molecule is CCC(C)NC(=O)C(C)N(Cc1ccccc1C)C(=O)COc1ccc([N+](=O)[O-])c(OC)c1. The van der Waals surface area contributed by atoms with Gasteiger partial charge in [-0.1, -0.05) is 31.2 Å². The van der Waals surface area contributed by atoms with Crippen LogP contribution in [0.5, 0.6) is 11.5 Å². The lowest BCUT2D eigenvalue weighted by Gasteiger charge is -2.30. The highest BCUT2D eigenvalue weighted by Gasteiger charge is 2.27. The lowest BCUT2D eigenvalue weighted by Crippen LogP contribution is -2.50. The zero-order chi connectivity index (χ0) is 24.5. The number of benzene rings is 2. The first-order valence-corrected chi connectivity index (χ1v) is 10.8. The summed E-state index contributed by atoms with van der Waals surface area (Å²) < 4.78 is 10.6. The van der Waals surface area contributed by atoms with Crippen molar-refractivity contribution in [3.05, 3.63) is 63.7 Å². The van der Waals surface area contributed by atoms with E-state index in [-0.39, 0.29) is 48.2 Å². The van der Waals surface area contributed by atoms with Crippen molar-refractivity contribution < 1.29 is 24.0 Å². The van der Waals surface area contributed by atoms with Gasteiger partial charge in [-0.25, -0.2) is 0 Å². The van der Waals surface area contributed by atoms with Crippen LogP contribution < -0.4 is 14.8 Å². The molecule has 2 amide bonds. The molecule has 0 bridgehead atoms. The predicted molar refractivity (Wildman–Crippen MR) is 124 cm³/mol. The quantitative estimate of drug-likeness (QED) is 0.408. The predicted octanol–water partition coefficient (Wildman–Crippen LogP) is 3.62. The molecule has 2 atom stereocenters. The summed E-state index contributed by atoms with van der Waals surface area (Å²) >= 11 is 0. The highest BCUT2D eigenvalue weighted by atomic mass is 16.6. The fraction of sp³-hybridized carbons (Fsp3) is 0.417. The zero-order valence-electron chi connectivity index (χ0n) is 19.7. The fourth-order valence-electron chi connectivity index (χ4n) is 3.15. The molecule has 178 valence electrons. The highest BCUT2D eigenvalue weighted by Crippen LogP contribution is 2.30. The van der Waals surface area contributed by atoms with Crippen LogP contribution >= 0.6 is 0 Å². The molecular formula is C24H31N3O6. The number of nitro benzene ring substituents is 1. The summed E-state index contributed by atoms with van der Waals surface area (Å²) in [5.74, 6) is -0.355. The Morgan fingerprint density at radius 2 is 1.88 bits per heavy atom. The van der Waals surface area contributed by atoms with Gasteiger partial charge in [0, 0.05) is 24.7 Å². The molecule has 0 aliphatic heterocycles. The summed E-state index contributed by atoms with van der Waals surface area (Å²) in [6.45, 7) is 7.41. The Balaban J connectivity index is 2.21. The summed E-state index contributed by atoms with van der Waals surface area (Å²) in [6.07, 6.45) is 0.773. The van der Waals surface area contributed by atoms with E-state index in [1.54, 1.807) is 6.92 Å². The first-order valence-electron chi connectivity index (χ1n) is 10.8. The minimum Gasteiger partial charge on any atom is -0.490 e. The topological polar surface area (TPSA) is 111 Å². The molecule has 1 N–H and O–H groups in total. The molecule has 0 aliphatic carbocycles. The normalized spacial score (nSPS) is 12.4. The molecule has 2 unspecified atom stereocenters. The van der Waals surface area contributed by atoms with Gasteiger partial charge in [-0.2, -0.15) is 0 Å². The van der Waals surface area contributed by atoms with E-state index in [0.29, 0.717) is 0 Å². The Labute approximate surface area is 193 Å². The Kier molecular flexibility index (Phi) is 9.20. The molecule has 33 heavy (non-hydrogen) atoms. The van der Waals surface area contributed by atoms with Crippen molar-refractivity contribution in [2.75, 3.05) is 13.7 Å². The third-order valence-electron chi connectivity index (χ3n) is 5.48. The largest absolute Gasteiger partial charge is 0.490 e. The van der Waals surface area contributed by atoms with Crippen LogP contribution in [0.1, 0.15) is 38.3 Å². The molecular weight excluding hydrogens is 426 g/mol. The summed E-state index contributed by atoms with van der Waals surface area (Å²) in [6, 6.07) is 10.9. The minimum atomic E-state index is -0.721. The van der Waals surface area contributed by atoms with Gasteiger partial charge in [-0.05, 0) is 44.4 Å². The maximum atomic E-state index is 13.1. The average Bonchev–Trinajstić information content (AvgIpc) is 2.80. The van der Waals surface area contributed by atoms with E-state index in [2.05, 4.69) is 5.32 Å². The Morgan fingerprint density at radius 1 is 1.18 bits per heavy atom. The van der Waals surface area contributed by atoms with Gasteiger partial charge in [0.1, 0.15) is 11.8 Å². The van der Waals surface area contributed by atoms with Crippen LogP contribution in [0, 0.1) is 17.0 Å². The first-order chi connectivity index (χ1) is 15.7. The number of amides is 2. The van der Waals surface area contributed by atoms with Gasteiger partial charge in [0.05, 0.1) is 12.0 Å². The highest BCUT2D eigenvalue weighted by molar-refractivity contribution is 5.88. The number of carbonyl (C=O) groups excluding carboxylic acids is 2. The van der Waals surface area contributed by atoms with Crippen LogP contribution in [0.15, 0.2) is 42.5 Å². The maximum absolute atomic E-state index is 13.1. The van der Waals surface area contributed by atoms with Crippen molar-refractivity contribution in [2.45, 2.75) is 52.7 Å². The number of methoxy groups -OCH3 is 1. The third-order valence-corrected chi connectivity index (χ3v) is 5.48. The second-order valence-electron chi connectivity index (χ2n) is 7.82. The van der Waals surface area contributed by atoms with E-state index in [9.17, 15) is 19.7 Å². The van der Waals surface area contributed by atoms with Crippen LogP contribution in [0.2, 0.25) is 0 Å². The Hall–Kier alpha value is -3.62. The standard InChI is InChI=1S/C24H31N3O6/c1-6-17(3)25-24(29)18(4)26(14-19-10-8-7-9-16(19)2)23(28)15-33-20-11-12-21(27(30)31)22(13-20)32-5/h7-13,17-18H,6,14-15H2,1-5H3,(H,25,29). The van der Waals surface area contributed by atoms with Crippen molar-refractivity contribution in [2.24, 2.45) is 0 Å². The Morgan fingerprint density at radius 3 is 2.48 bits per heavy atom. The molecule has 2 rings (SSSR count). The van der Waals surface area contributed by atoms with Crippen molar-refractivity contribution >= 4 is 17.5 Å². The van der Waals surface area contributed by atoms with Crippen molar-refractivity contribution in [1.29, 1.82) is 0 Å². The molecule has 0 radical (unpaired) electrons. The summed E-state index contributed by atoms with van der Waals surface area (Å²) in [7, 11) is 1.32. The Bertz CT molecular complexity index is 994. The van der Waals surface area contributed by atoms with E-state index in [1.165, 1.54) is 30.2 Å². The van der Waals surface area contributed by atoms with Crippen LogP contribution in [-0.4, -0.2) is 47.4 Å². The van der Waals surface area contributed by atoms with Crippen molar-refractivity contribution in [3.63, 3.8) is 0 Å². The molecule has 9 nitrogen and oxygen atoms in total. The monoisotopic (exact) mass is 457 g/mol. The number of carbonyl (C=O) groups is 2. The number of hydrogen-bond acceptors (Lipinski definition) is 6. The zero-order valence-corrected chi connectivity index (χ0v) is 19.7. The molecule has 0 aliphatic rings. The number of rotatable bonds is 11. The molecule has 0 saturated heterocycles. The molecule has 0 heterocycles. The van der Waals surface area contributed by atoms with Crippen molar-refractivity contribution in [1.82, 2.24) is 10.2 Å². The third kappa shape index (κ3) is 6.93. The van der Waals surface area contributed by atoms with Gasteiger partial charge in [0.2, 0.25) is 11.7 Å². The molecule has 2 aromatic carbocycles. The van der Waals surface area contributed by atoms with E-state index >= 15 is 0 Å². The molecule has 2 aromatic rings. The van der Waals surface area contributed by atoms with Gasteiger partial charge in [0.15, 0.2) is 6.61 Å². The lowest BCUT2D eigenvalue weighted by atomic mass is 10.1. The number of nitrogens with one attached hydrogen (secondary N) is 1. The van der Waals surface area contributed by atoms with Gasteiger partial charge in [0.25, 0.3) is 5.91 Å². The first kappa shape index (κ1) is 25.6. The van der Waals surface area contributed by atoms with E-state index in [1.807, 2.05) is 45.0 Å². The molecule has 9 heteroatoms. The molecule has 0 aromatic heterocycles. The molecule has 0 saturated carbocycles. The lowest BCUT2D eigenvalue weighted by molar-refractivity contribution is -0.385. The summed E-state index contributed by atoms with van der Waals surface area (Å²) in [5, 5.41) is 14.0. The van der Waals surface area contributed by atoms with Crippen LogP contribution in [0.4, 0.5) is 5.69 Å². The van der Waals surface area contributed by atoms with Crippen LogP contribution in [-0.2, 0) is 16.1 Å². The smallest absolute Gasteiger partial charge is 0.311 e. The van der Waals surface area contributed by atoms with E-state index in [0.717, 1.165) is 17.5 Å². The van der Waals surface area contributed by atoms with E-state index < -0.39 is 11.0 Å². The van der Waals surface area contributed by atoms with Crippen LogP contribution in [0.3, 0.4) is 0 Å². The summed E-state index contributed by atoms with van der Waals surface area (Å²) in [4.78, 5) is 37.9. The van der Waals surface area contributed by atoms with Crippen molar-refractivity contribution in [3.8, 4) is 11.5 Å². The minimum absolute atomic E-state index is 0.0146. The van der Waals surface area contributed by atoms with E-state index in [4.69, 9.17) is 9.47 Å². The molecule has 0 fully saturated rings. The number of nitro groups is 1. The number of aryl methyl sites for hydroxylation is 1.